The van der Waals surface area contributed by atoms with E-state index in [1.165, 1.54) is 0 Å². The van der Waals surface area contributed by atoms with Crippen LogP contribution in [0.3, 0.4) is 0 Å². The van der Waals surface area contributed by atoms with Crippen molar-refractivity contribution in [3.05, 3.63) is 54.1 Å². The summed E-state index contributed by atoms with van der Waals surface area (Å²) in [7, 11) is 1.66. The summed E-state index contributed by atoms with van der Waals surface area (Å²) >= 11 is 1.68. The number of Topliss-reactive ketones (excluding diaryl/α,β-unsaturated/α-hetero) is 1. The van der Waals surface area contributed by atoms with Gasteiger partial charge in [-0.2, -0.15) is 0 Å². The van der Waals surface area contributed by atoms with E-state index in [0.29, 0.717) is 0 Å². The third-order valence-corrected chi connectivity index (χ3v) is 4.74. The molecule has 0 radical (unpaired) electrons. The first kappa shape index (κ1) is 14.0. The van der Waals surface area contributed by atoms with Gasteiger partial charge < -0.3 is 9.47 Å². The molecule has 0 N–H and O–H groups in total. The van der Waals surface area contributed by atoms with Gasteiger partial charge in [0.2, 0.25) is 0 Å². The number of ketones is 1. The summed E-state index contributed by atoms with van der Waals surface area (Å²) in [5, 5.41) is 0. The third-order valence-electron chi connectivity index (χ3n) is 3.51. The summed E-state index contributed by atoms with van der Waals surface area (Å²) in [5.41, 5.74) is 1.06. The summed E-state index contributed by atoms with van der Waals surface area (Å²) < 4.78 is 10.9. The zero-order valence-corrected chi connectivity index (χ0v) is 12.6. The summed E-state index contributed by atoms with van der Waals surface area (Å²) in [6.07, 6.45) is 0. The lowest BCUT2D eigenvalue weighted by atomic mass is 9.97. The Morgan fingerprint density at radius 2 is 2.00 bits per heavy atom. The van der Waals surface area contributed by atoms with Crippen molar-refractivity contribution in [3.63, 3.8) is 0 Å². The molecular formula is C17H16O3S. The molecule has 0 spiro atoms. The van der Waals surface area contributed by atoms with Crippen LogP contribution in [0.25, 0.3) is 0 Å². The number of hydrogen-bond acceptors (Lipinski definition) is 4. The van der Waals surface area contributed by atoms with Crippen LogP contribution in [-0.4, -0.2) is 25.3 Å². The Hall–Kier alpha value is -1.94. The zero-order valence-electron chi connectivity index (χ0n) is 11.7. The van der Waals surface area contributed by atoms with Gasteiger partial charge in [0, 0.05) is 5.75 Å². The van der Waals surface area contributed by atoms with Crippen LogP contribution in [0.5, 0.6) is 11.5 Å². The molecule has 2 aromatic carbocycles. The maximum atomic E-state index is 12.4. The number of hydrogen-bond donors (Lipinski definition) is 0. The van der Waals surface area contributed by atoms with Crippen molar-refractivity contribution < 1.29 is 14.3 Å². The first-order valence-electron chi connectivity index (χ1n) is 6.80. The molecule has 1 heterocycles. The minimum Gasteiger partial charge on any atom is -0.496 e. The monoisotopic (exact) mass is 300 g/mol. The van der Waals surface area contributed by atoms with E-state index in [0.717, 1.165) is 27.7 Å². The van der Waals surface area contributed by atoms with Crippen molar-refractivity contribution in [1.29, 1.82) is 0 Å². The molecule has 2 aromatic rings. The molecule has 0 saturated carbocycles. The molecule has 4 heteroatoms. The molecule has 21 heavy (non-hydrogen) atoms. The van der Waals surface area contributed by atoms with Crippen LogP contribution in [0.1, 0.15) is 11.5 Å². The molecule has 108 valence electrons. The van der Waals surface area contributed by atoms with Gasteiger partial charge in [-0.1, -0.05) is 30.3 Å². The average molecular weight is 300 g/mol. The van der Waals surface area contributed by atoms with Crippen LogP contribution in [0.2, 0.25) is 0 Å². The SMILES string of the molecule is COc1cccc2c1SCC2C(=O)COc1ccccc1. The first-order chi connectivity index (χ1) is 10.3. The second-order valence-corrected chi connectivity index (χ2v) is 5.84. The minimum atomic E-state index is -0.108. The minimum absolute atomic E-state index is 0.103. The summed E-state index contributed by atoms with van der Waals surface area (Å²) in [4.78, 5) is 13.5. The quantitative estimate of drug-likeness (QED) is 0.846. The van der Waals surface area contributed by atoms with E-state index in [4.69, 9.17) is 9.47 Å². The van der Waals surface area contributed by atoms with Crippen molar-refractivity contribution >= 4 is 17.5 Å². The van der Waals surface area contributed by atoms with Crippen LogP contribution in [0, 0.1) is 0 Å². The van der Waals surface area contributed by atoms with Crippen LogP contribution in [-0.2, 0) is 4.79 Å². The molecule has 0 aromatic heterocycles. The Labute approximate surface area is 128 Å². The van der Waals surface area contributed by atoms with Gasteiger partial charge in [0.25, 0.3) is 0 Å². The highest BCUT2D eigenvalue weighted by molar-refractivity contribution is 7.99. The molecule has 1 atom stereocenters. The number of rotatable bonds is 5. The van der Waals surface area contributed by atoms with E-state index >= 15 is 0 Å². The fourth-order valence-corrected chi connectivity index (χ4v) is 3.79. The molecule has 0 bridgehead atoms. The van der Waals surface area contributed by atoms with Gasteiger partial charge in [-0.25, -0.2) is 0 Å². The third kappa shape index (κ3) is 2.90. The van der Waals surface area contributed by atoms with E-state index in [-0.39, 0.29) is 18.3 Å². The molecule has 3 nitrogen and oxygen atoms in total. The molecule has 3 rings (SSSR count). The number of para-hydroxylation sites is 1. The summed E-state index contributed by atoms with van der Waals surface area (Å²) in [6.45, 7) is 0.103. The van der Waals surface area contributed by atoms with Gasteiger partial charge in [0.05, 0.1) is 17.9 Å². The lowest BCUT2D eigenvalue weighted by molar-refractivity contribution is -0.122. The van der Waals surface area contributed by atoms with Gasteiger partial charge >= 0.3 is 0 Å². The Bertz CT molecular complexity index is 640. The number of benzene rings is 2. The maximum absolute atomic E-state index is 12.4. The highest BCUT2D eigenvalue weighted by Crippen LogP contribution is 2.45. The van der Waals surface area contributed by atoms with Gasteiger partial charge in [0.1, 0.15) is 18.1 Å². The number of carbonyl (C=O) groups excluding carboxylic acids is 1. The van der Waals surface area contributed by atoms with Crippen LogP contribution < -0.4 is 9.47 Å². The largest absolute Gasteiger partial charge is 0.496 e. The molecule has 1 unspecified atom stereocenters. The number of thioether (sulfide) groups is 1. The predicted molar refractivity (Wildman–Crippen MR) is 83.4 cm³/mol. The van der Waals surface area contributed by atoms with Crippen molar-refractivity contribution in [2.45, 2.75) is 10.8 Å². The van der Waals surface area contributed by atoms with E-state index in [1.807, 2.05) is 48.5 Å². The van der Waals surface area contributed by atoms with Gasteiger partial charge in [-0.15, -0.1) is 11.8 Å². The summed E-state index contributed by atoms with van der Waals surface area (Å²) in [6, 6.07) is 15.3. The fraction of sp³-hybridized carbons (Fsp3) is 0.235. The van der Waals surface area contributed by atoms with Crippen molar-refractivity contribution in [2.24, 2.45) is 0 Å². The van der Waals surface area contributed by atoms with E-state index in [9.17, 15) is 4.79 Å². The van der Waals surface area contributed by atoms with Gasteiger partial charge in [0.15, 0.2) is 5.78 Å². The number of methoxy groups -OCH3 is 1. The molecule has 0 amide bonds. The van der Waals surface area contributed by atoms with Gasteiger partial charge in [-0.05, 0) is 23.8 Å². The smallest absolute Gasteiger partial charge is 0.178 e. The molecular weight excluding hydrogens is 284 g/mol. The van der Waals surface area contributed by atoms with E-state index in [1.54, 1.807) is 18.9 Å². The Balaban J connectivity index is 1.71. The molecule has 1 aliphatic heterocycles. The van der Waals surface area contributed by atoms with Gasteiger partial charge in [-0.3, -0.25) is 4.79 Å². The normalized spacial score (nSPS) is 16.3. The fourth-order valence-electron chi connectivity index (χ4n) is 2.42. The topological polar surface area (TPSA) is 35.5 Å². The molecule has 0 aliphatic carbocycles. The Morgan fingerprint density at radius 3 is 2.76 bits per heavy atom. The Morgan fingerprint density at radius 1 is 1.19 bits per heavy atom. The highest BCUT2D eigenvalue weighted by Gasteiger charge is 2.31. The van der Waals surface area contributed by atoms with Crippen LogP contribution in [0.15, 0.2) is 53.4 Å². The molecule has 0 saturated heterocycles. The number of fused-ring (bicyclic) bond motifs is 1. The molecule has 1 aliphatic rings. The maximum Gasteiger partial charge on any atom is 0.178 e. The standard InChI is InChI=1S/C17H16O3S/c1-19-16-9-5-8-13-14(11-21-17(13)16)15(18)10-20-12-6-3-2-4-7-12/h2-9,14H,10-11H2,1H3. The lowest BCUT2D eigenvalue weighted by Crippen LogP contribution is -2.20. The summed E-state index contributed by atoms with van der Waals surface area (Å²) in [5.74, 6) is 2.33. The predicted octanol–water partition coefficient (Wildman–Crippen LogP) is 3.53. The average Bonchev–Trinajstić information content (AvgIpc) is 2.97. The highest BCUT2D eigenvalue weighted by atomic mass is 32.2. The van der Waals surface area contributed by atoms with E-state index < -0.39 is 0 Å². The van der Waals surface area contributed by atoms with E-state index in [2.05, 4.69) is 0 Å². The van der Waals surface area contributed by atoms with Crippen molar-refractivity contribution in [1.82, 2.24) is 0 Å². The van der Waals surface area contributed by atoms with Crippen molar-refractivity contribution in [3.8, 4) is 11.5 Å². The lowest BCUT2D eigenvalue weighted by Gasteiger charge is -2.11. The Kier molecular flexibility index (Phi) is 4.15. The second kappa shape index (κ2) is 6.22. The van der Waals surface area contributed by atoms with Crippen molar-refractivity contribution in [2.75, 3.05) is 19.5 Å². The number of ether oxygens (including phenoxy) is 2. The zero-order chi connectivity index (χ0) is 14.7. The molecule has 0 fully saturated rings. The van der Waals surface area contributed by atoms with Crippen LogP contribution in [0.4, 0.5) is 0 Å². The van der Waals surface area contributed by atoms with Crippen LogP contribution >= 0.6 is 11.8 Å². The first-order valence-corrected chi connectivity index (χ1v) is 7.78. The second-order valence-electron chi connectivity index (χ2n) is 4.81. The number of carbonyl (C=O) groups is 1.